The van der Waals surface area contributed by atoms with Crippen LogP contribution in [0.4, 0.5) is 0 Å². The van der Waals surface area contributed by atoms with Crippen molar-refractivity contribution < 1.29 is 47.6 Å². The fourth-order valence-electron chi connectivity index (χ4n) is 3.80. The minimum atomic E-state index is -1.21. The Hall–Kier alpha value is -2.46. The van der Waals surface area contributed by atoms with Crippen LogP contribution >= 0.6 is 0 Å². The fourth-order valence-corrected chi connectivity index (χ4v) is 3.80. The van der Waals surface area contributed by atoms with Crippen LogP contribution in [0.15, 0.2) is 12.7 Å². The molecule has 5 atom stereocenters. The van der Waals surface area contributed by atoms with Crippen LogP contribution in [0.1, 0.15) is 79.1 Å². The SMILES string of the molecule is C=CCCCCCCCCCO[C@@H]1O[C@H](COC(C)=O)[C@@H](OC(C)=O)[C@H](OC(C)=O)[C@H]1OC(C)=O. The molecule has 10 heteroatoms. The lowest BCUT2D eigenvalue weighted by Crippen LogP contribution is -2.63. The molecule has 1 aliphatic rings. The Morgan fingerprint density at radius 1 is 0.714 bits per heavy atom. The first-order chi connectivity index (χ1) is 16.6. The van der Waals surface area contributed by atoms with E-state index in [2.05, 4.69) is 6.58 Å². The molecule has 35 heavy (non-hydrogen) atoms. The van der Waals surface area contributed by atoms with Crippen molar-refractivity contribution in [2.45, 2.75) is 110 Å². The predicted molar refractivity (Wildman–Crippen MR) is 125 cm³/mol. The smallest absolute Gasteiger partial charge is 0.303 e. The molecule has 1 saturated heterocycles. The molecule has 200 valence electrons. The predicted octanol–water partition coefficient (Wildman–Crippen LogP) is 3.39. The molecule has 0 aromatic rings. The van der Waals surface area contributed by atoms with Crippen molar-refractivity contribution in [1.29, 1.82) is 0 Å². The third-order valence-corrected chi connectivity index (χ3v) is 5.28. The second kappa shape index (κ2) is 17.0. The number of carbonyl (C=O) groups is 4. The van der Waals surface area contributed by atoms with Gasteiger partial charge >= 0.3 is 23.9 Å². The van der Waals surface area contributed by atoms with Crippen LogP contribution < -0.4 is 0 Å². The summed E-state index contributed by atoms with van der Waals surface area (Å²) in [6, 6.07) is 0. The van der Waals surface area contributed by atoms with Gasteiger partial charge in [-0.05, 0) is 19.3 Å². The first kappa shape index (κ1) is 30.6. The molecule has 10 nitrogen and oxygen atoms in total. The molecule has 0 N–H and O–H groups in total. The van der Waals surface area contributed by atoms with E-state index in [1.54, 1.807) is 0 Å². The van der Waals surface area contributed by atoms with E-state index in [1.807, 2.05) is 6.08 Å². The quantitative estimate of drug-likeness (QED) is 0.135. The van der Waals surface area contributed by atoms with Crippen molar-refractivity contribution in [3.8, 4) is 0 Å². The lowest BCUT2D eigenvalue weighted by atomic mass is 9.98. The first-order valence-corrected chi connectivity index (χ1v) is 12.2. The van der Waals surface area contributed by atoms with E-state index in [9.17, 15) is 19.2 Å². The summed E-state index contributed by atoms with van der Waals surface area (Å²) in [7, 11) is 0. The van der Waals surface area contributed by atoms with Crippen LogP contribution in [-0.4, -0.2) is 67.8 Å². The van der Waals surface area contributed by atoms with Crippen molar-refractivity contribution in [3.05, 3.63) is 12.7 Å². The summed E-state index contributed by atoms with van der Waals surface area (Å²) in [6.45, 7) is 8.54. The molecule has 1 aliphatic heterocycles. The molecule has 1 heterocycles. The van der Waals surface area contributed by atoms with Crippen molar-refractivity contribution in [3.63, 3.8) is 0 Å². The average Bonchev–Trinajstić information content (AvgIpc) is 2.76. The van der Waals surface area contributed by atoms with E-state index in [0.29, 0.717) is 6.61 Å². The third-order valence-electron chi connectivity index (χ3n) is 5.28. The molecule has 1 rings (SSSR count). The molecule has 0 aromatic heterocycles. The Balaban J connectivity index is 2.83. The standard InChI is InChI=1S/C25H40O10/c1-6-7-8-9-10-11-12-13-14-15-30-25-24(34-20(5)29)23(33-19(4)28)22(32-18(3)27)21(35-25)16-31-17(2)26/h6,21-25H,1,7-16H2,2-5H3/t21-,22-,23+,24-,25-/m1/s1. The van der Waals surface area contributed by atoms with E-state index in [0.717, 1.165) is 38.5 Å². The summed E-state index contributed by atoms with van der Waals surface area (Å²) in [5.74, 6) is -2.57. The monoisotopic (exact) mass is 500 g/mol. The number of carbonyl (C=O) groups excluding carboxylic acids is 4. The van der Waals surface area contributed by atoms with Gasteiger partial charge < -0.3 is 28.4 Å². The van der Waals surface area contributed by atoms with Crippen molar-refractivity contribution in [2.75, 3.05) is 13.2 Å². The Morgan fingerprint density at radius 3 is 1.77 bits per heavy atom. The van der Waals surface area contributed by atoms with Gasteiger partial charge in [0.1, 0.15) is 12.7 Å². The second-order valence-corrected chi connectivity index (χ2v) is 8.49. The van der Waals surface area contributed by atoms with Crippen LogP contribution in [0.25, 0.3) is 0 Å². The zero-order valence-electron chi connectivity index (χ0n) is 21.3. The number of hydrogen-bond donors (Lipinski definition) is 0. The first-order valence-electron chi connectivity index (χ1n) is 12.2. The summed E-state index contributed by atoms with van der Waals surface area (Å²) in [4.78, 5) is 46.7. The van der Waals surface area contributed by atoms with E-state index in [4.69, 9.17) is 28.4 Å². The van der Waals surface area contributed by atoms with E-state index >= 15 is 0 Å². The highest BCUT2D eigenvalue weighted by Crippen LogP contribution is 2.30. The van der Waals surface area contributed by atoms with Crippen molar-refractivity contribution in [2.24, 2.45) is 0 Å². The molecule has 0 saturated carbocycles. The highest BCUT2D eigenvalue weighted by molar-refractivity contribution is 5.68. The molecule has 0 spiro atoms. The maximum Gasteiger partial charge on any atom is 0.303 e. The number of rotatable bonds is 16. The van der Waals surface area contributed by atoms with Gasteiger partial charge in [0.25, 0.3) is 0 Å². The largest absolute Gasteiger partial charge is 0.463 e. The second-order valence-electron chi connectivity index (χ2n) is 8.49. The average molecular weight is 501 g/mol. The number of allylic oxidation sites excluding steroid dienone is 1. The van der Waals surface area contributed by atoms with Crippen molar-refractivity contribution in [1.82, 2.24) is 0 Å². The number of esters is 4. The molecule has 0 radical (unpaired) electrons. The van der Waals surface area contributed by atoms with E-state index < -0.39 is 54.6 Å². The van der Waals surface area contributed by atoms with Crippen LogP contribution in [-0.2, 0) is 47.6 Å². The van der Waals surface area contributed by atoms with Gasteiger partial charge in [-0.1, -0.05) is 38.2 Å². The maximum atomic E-state index is 11.8. The van der Waals surface area contributed by atoms with Crippen LogP contribution in [0.3, 0.4) is 0 Å². The lowest BCUT2D eigenvalue weighted by molar-refractivity contribution is -0.308. The number of unbranched alkanes of at least 4 members (excludes halogenated alkanes) is 7. The summed E-state index contributed by atoms with van der Waals surface area (Å²) in [5.41, 5.74) is 0. The molecule has 0 aromatic carbocycles. The van der Waals surface area contributed by atoms with Crippen LogP contribution in [0.5, 0.6) is 0 Å². The topological polar surface area (TPSA) is 124 Å². The van der Waals surface area contributed by atoms with Crippen molar-refractivity contribution >= 4 is 23.9 Å². The summed E-state index contributed by atoms with van der Waals surface area (Å²) in [5, 5.41) is 0. The summed E-state index contributed by atoms with van der Waals surface area (Å²) < 4.78 is 32.9. The van der Waals surface area contributed by atoms with Crippen LogP contribution in [0.2, 0.25) is 0 Å². The number of hydrogen-bond acceptors (Lipinski definition) is 10. The Morgan fingerprint density at radius 2 is 1.23 bits per heavy atom. The highest BCUT2D eigenvalue weighted by atomic mass is 16.7. The van der Waals surface area contributed by atoms with E-state index in [-0.39, 0.29) is 6.61 Å². The molecule has 0 bridgehead atoms. The lowest BCUT2D eigenvalue weighted by Gasteiger charge is -2.44. The maximum absolute atomic E-state index is 11.8. The van der Waals surface area contributed by atoms with E-state index in [1.165, 1.54) is 40.5 Å². The normalized spacial score (nSPS) is 23.7. The van der Waals surface area contributed by atoms with Gasteiger partial charge in [0.15, 0.2) is 24.6 Å². The minimum Gasteiger partial charge on any atom is -0.463 e. The Kier molecular flexibility index (Phi) is 14.9. The zero-order valence-corrected chi connectivity index (χ0v) is 21.3. The minimum absolute atomic E-state index is 0.274. The molecular formula is C25H40O10. The summed E-state index contributed by atoms with van der Waals surface area (Å²) >= 11 is 0. The molecule has 0 amide bonds. The zero-order chi connectivity index (χ0) is 26.2. The highest BCUT2D eigenvalue weighted by Gasteiger charge is 2.52. The van der Waals surface area contributed by atoms with Gasteiger partial charge in [-0.25, -0.2) is 0 Å². The fraction of sp³-hybridized carbons (Fsp3) is 0.760. The van der Waals surface area contributed by atoms with Gasteiger partial charge in [-0.3, -0.25) is 19.2 Å². The van der Waals surface area contributed by atoms with Gasteiger partial charge in [0.2, 0.25) is 0 Å². The Labute approximate surface area is 207 Å². The third kappa shape index (κ3) is 12.7. The molecule has 0 unspecified atom stereocenters. The molecule has 1 fully saturated rings. The Bertz CT molecular complexity index is 692. The summed E-state index contributed by atoms with van der Waals surface area (Å²) in [6.07, 6.45) is 4.72. The van der Waals surface area contributed by atoms with Gasteiger partial charge in [-0.2, -0.15) is 0 Å². The molecule has 0 aliphatic carbocycles. The van der Waals surface area contributed by atoms with Crippen LogP contribution in [0, 0.1) is 0 Å². The molecular weight excluding hydrogens is 460 g/mol. The van der Waals surface area contributed by atoms with Gasteiger partial charge in [-0.15, -0.1) is 6.58 Å². The number of ether oxygens (including phenoxy) is 6. The van der Waals surface area contributed by atoms with Gasteiger partial charge in [0.05, 0.1) is 0 Å². The van der Waals surface area contributed by atoms with Gasteiger partial charge in [0, 0.05) is 34.3 Å².